The zero-order chi connectivity index (χ0) is 15.9. The largest absolute Gasteiger partial charge is 0.481 e. The standard InChI is InChI=1S/C15H21F2NO2S/c1-3-15(4-2,13(19)20)10-18-9-11-5-7-12(8-6-11)21-14(16)17/h5-8,14,18H,3-4,9-10H2,1-2H3,(H,19,20). The van der Waals surface area contributed by atoms with Crippen LogP contribution in [0.3, 0.4) is 0 Å². The molecule has 3 nitrogen and oxygen atoms in total. The Labute approximate surface area is 128 Å². The van der Waals surface area contributed by atoms with E-state index in [1.807, 2.05) is 13.8 Å². The van der Waals surface area contributed by atoms with Gasteiger partial charge in [-0.2, -0.15) is 8.78 Å². The first kappa shape index (κ1) is 17.9. The van der Waals surface area contributed by atoms with Crippen molar-refractivity contribution in [2.75, 3.05) is 6.54 Å². The minimum atomic E-state index is -2.42. The predicted octanol–water partition coefficient (Wildman–Crippen LogP) is 3.98. The summed E-state index contributed by atoms with van der Waals surface area (Å²) in [5.74, 6) is -3.21. The molecular weight excluding hydrogens is 296 g/mol. The summed E-state index contributed by atoms with van der Waals surface area (Å²) in [6.45, 7) is 4.66. The Balaban J connectivity index is 2.53. The number of carboxylic acids is 1. The molecule has 0 aromatic heterocycles. The number of carbonyl (C=O) groups is 1. The van der Waals surface area contributed by atoms with Crippen LogP contribution in [0.1, 0.15) is 32.3 Å². The topological polar surface area (TPSA) is 49.3 Å². The van der Waals surface area contributed by atoms with Gasteiger partial charge in [-0.25, -0.2) is 0 Å². The summed E-state index contributed by atoms with van der Waals surface area (Å²) in [6.07, 6.45) is 1.13. The lowest BCUT2D eigenvalue weighted by Gasteiger charge is -2.27. The number of benzene rings is 1. The van der Waals surface area contributed by atoms with E-state index >= 15 is 0 Å². The minimum Gasteiger partial charge on any atom is -0.481 e. The van der Waals surface area contributed by atoms with Crippen LogP contribution in [0.25, 0.3) is 0 Å². The molecule has 0 radical (unpaired) electrons. The number of alkyl halides is 2. The number of hydrogen-bond donors (Lipinski definition) is 2. The molecule has 0 saturated heterocycles. The van der Waals surface area contributed by atoms with Crippen LogP contribution in [0, 0.1) is 5.41 Å². The Morgan fingerprint density at radius 3 is 2.29 bits per heavy atom. The second-order valence-corrected chi connectivity index (χ2v) is 5.98. The van der Waals surface area contributed by atoms with E-state index < -0.39 is 17.1 Å². The lowest BCUT2D eigenvalue weighted by molar-refractivity contribution is -0.149. The van der Waals surface area contributed by atoms with Gasteiger partial charge in [-0.15, -0.1) is 0 Å². The van der Waals surface area contributed by atoms with E-state index in [2.05, 4.69) is 5.32 Å². The maximum atomic E-state index is 12.2. The highest BCUT2D eigenvalue weighted by molar-refractivity contribution is 7.99. The van der Waals surface area contributed by atoms with E-state index in [0.717, 1.165) is 5.56 Å². The number of hydrogen-bond acceptors (Lipinski definition) is 3. The fraction of sp³-hybridized carbons (Fsp3) is 0.533. The van der Waals surface area contributed by atoms with Crippen molar-refractivity contribution in [2.24, 2.45) is 5.41 Å². The monoisotopic (exact) mass is 317 g/mol. The Morgan fingerprint density at radius 2 is 1.86 bits per heavy atom. The molecule has 0 aliphatic rings. The lowest BCUT2D eigenvalue weighted by atomic mass is 9.82. The molecule has 21 heavy (non-hydrogen) atoms. The Bertz CT molecular complexity index is 447. The smallest absolute Gasteiger partial charge is 0.310 e. The van der Waals surface area contributed by atoms with Gasteiger partial charge in [0.05, 0.1) is 5.41 Å². The zero-order valence-corrected chi connectivity index (χ0v) is 13.1. The molecule has 0 fully saturated rings. The van der Waals surface area contributed by atoms with E-state index in [1.54, 1.807) is 24.3 Å². The zero-order valence-electron chi connectivity index (χ0n) is 12.2. The van der Waals surface area contributed by atoms with Crippen LogP contribution in [-0.2, 0) is 11.3 Å². The van der Waals surface area contributed by atoms with Crippen LogP contribution >= 0.6 is 11.8 Å². The fourth-order valence-electron chi connectivity index (χ4n) is 2.11. The summed E-state index contributed by atoms with van der Waals surface area (Å²) in [5.41, 5.74) is 0.200. The molecule has 0 spiro atoms. The van der Waals surface area contributed by atoms with E-state index in [9.17, 15) is 18.7 Å². The summed E-state index contributed by atoms with van der Waals surface area (Å²) in [5, 5.41) is 12.5. The second-order valence-electron chi connectivity index (χ2n) is 4.92. The number of nitrogens with one attached hydrogen (secondary N) is 1. The van der Waals surface area contributed by atoms with Crippen molar-refractivity contribution in [3.63, 3.8) is 0 Å². The first-order chi connectivity index (χ1) is 9.93. The van der Waals surface area contributed by atoms with Crippen molar-refractivity contribution < 1.29 is 18.7 Å². The highest BCUT2D eigenvalue weighted by atomic mass is 32.2. The average Bonchev–Trinajstić information content (AvgIpc) is 2.45. The van der Waals surface area contributed by atoms with Crippen molar-refractivity contribution in [1.29, 1.82) is 0 Å². The highest BCUT2D eigenvalue weighted by Gasteiger charge is 2.34. The predicted molar refractivity (Wildman–Crippen MR) is 80.7 cm³/mol. The van der Waals surface area contributed by atoms with Crippen LogP contribution in [0.4, 0.5) is 8.78 Å². The molecule has 0 unspecified atom stereocenters. The summed E-state index contributed by atoms with van der Waals surface area (Å²) in [6, 6.07) is 6.85. The summed E-state index contributed by atoms with van der Waals surface area (Å²) in [4.78, 5) is 11.9. The van der Waals surface area contributed by atoms with Gasteiger partial charge in [-0.05, 0) is 30.5 Å². The van der Waals surface area contributed by atoms with Crippen molar-refractivity contribution in [1.82, 2.24) is 5.32 Å². The first-order valence-electron chi connectivity index (χ1n) is 6.91. The molecule has 1 aromatic rings. The minimum absolute atomic E-state index is 0.392. The van der Waals surface area contributed by atoms with Gasteiger partial charge in [0.1, 0.15) is 0 Å². The van der Waals surface area contributed by atoms with Crippen LogP contribution < -0.4 is 5.32 Å². The lowest BCUT2D eigenvalue weighted by Crippen LogP contribution is -2.39. The van der Waals surface area contributed by atoms with E-state index in [-0.39, 0.29) is 0 Å². The average molecular weight is 317 g/mol. The normalized spacial score (nSPS) is 11.9. The third kappa shape index (κ3) is 5.28. The molecular formula is C15H21F2NO2S. The van der Waals surface area contributed by atoms with Gasteiger partial charge in [0, 0.05) is 18.0 Å². The Hall–Kier alpha value is -1.14. The number of halogens is 2. The number of rotatable bonds is 9. The highest BCUT2D eigenvalue weighted by Crippen LogP contribution is 2.26. The molecule has 1 rings (SSSR count). The van der Waals surface area contributed by atoms with Gasteiger partial charge in [-0.3, -0.25) is 4.79 Å². The molecule has 2 N–H and O–H groups in total. The van der Waals surface area contributed by atoms with Crippen molar-refractivity contribution in [2.45, 2.75) is 43.9 Å². The maximum Gasteiger partial charge on any atom is 0.310 e. The fourth-order valence-corrected chi connectivity index (χ4v) is 2.61. The number of aliphatic carboxylic acids is 1. The molecule has 0 bridgehead atoms. The molecule has 0 aliphatic carbocycles. The van der Waals surface area contributed by atoms with Gasteiger partial charge in [0.2, 0.25) is 0 Å². The summed E-state index contributed by atoms with van der Waals surface area (Å²) in [7, 11) is 0. The maximum absolute atomic E-state index is 12.2. The van der Waals surface area contributed by atoms with Gasteiger partial charge >= 0.3 is 5.97 Å². The van der Waals surface area contributed by atoms with Gasteiger partial charge in [-0.1, -0.05) is 37.7 Å². The molecule has 0 saturated carbocycles. The van der Waals surface area contributed by atoms with Crippen LogP contribution in [0.5, 0.6) is 0 Å². The number of carboxylic acid groups (broad SMARTS) is 1. The molecule has 0 atom stereocenters. The van der Waals surface area contributed by atoms with E-state index in [4.69, 9.17) is 0 Å². The van der Waals surface area contributed by atoms with Crippen LogP contribution in [-0.4, -0.2) is 23.4 Å². The van der Waals surface area contributed by atoms with E-state index in [1.165, 1.54) is 0 Å². The van der Waals surface area contributed by atoms with Crippen molar-refractivity contribution >= 4 is 17.7 Å². The van der Waals surface area contributed by atoms with E-state index in [0.29, 0.717) is 42.6 Å². The molecule has 0 aliphatic heterocycles. The third-order valence-corrected chi connectivity index (χ3v) is 4.47. The molecule has 6 heteroatoms. The van der Waals surface area contributed by atoms with Gasteiger partial charge < -0.3 is 10.4 Å². The third-order valence-electron chi connectivity index (χ3n) is 3.75. The van der Waals surface area contributed by atoms with Gasteiger partial charge in [0.25, 0.3) is 5.76 Å². The van der Waals surface area contributed by atoms with Crippen LogP contribution in [0.2, 0.25) is 0 Å². The number of thioether (sulfide) groups is 1. The molecule has 118 valence electrons. The SMILES string of the molecule is CCC(CC)(CNCc1ccc(SC(F)F)cc1)C(=O)O. The molecule has 0 amide bonds. The first-order valence-corrected chi connectivity index (χ1v) is 7.79. The van der Waals surface area contributed by atoms with Gasteiger partial charge in [0.15, 0.2) is 0 Å². The summed E-state index contributed by atoms with van der Waals surface area (Å²) < 4.78 is 24.4. The van der Waals surface area contributed by atoms with Crippen molar-refractivity contribution in [3.05, 3.63) is 29.8 Å². The Morgan fingerprint density at radius 1 is 1.29 bits per heavy atom. The Kier molecular flexibility index (Phi) is 7.11. The quantitative estimate of drug-likeness (QED) is 0.676. The second kappa shape index (κ2) is 8.34. The molecule has 1 aromatic carbocycles. The van der Waals surface area contributed by atoms with Crippen molar-refractivity contribution in [3.8, 4) is 0 Å². The summed E-state index contributed by atoms with van der Waals surface area (Å²) >= 11 is 0.515. The van der Waals surface area contributed by atoms with Crippen LogP contribution in [0.15, 0.2) is 29.2 Å². The molecule has 0 heterocycles.